The Labute approximate surface area is 685 Å². The molecule has 0 radical (unpaired) electrons. The standard InChI is InChI=1S/C82H92Cl2N10O24/c1-5-6-7-8-9-10-11-12-13-25-94(3,4)26-15-24-87-36-46-51(98)35-45-58(69(46)101)57-44(16-14-17-50(57)97)63-77(107)93-66(79(109)91-64(45)80(110)111)68(100)39-20-23-53(48(84)30-39)116-56-33-41-32-55(72(56)117-82-59(85)70(102)71(103)73(118-82)81(112)113)115-52-22-19-38(29-47(52)83)67(99)65-78(108)89-61(75(105)88-62(41)76(106)90-63)40-27-42(95)34-43(28-40)114-54-31-37(18-21-49(54)96)60(86-2)74(104)92-65/h14,16-23,27-35,59-68,70-71,73,82,86-87,99-100,102-103H,5-13,15,24-26,36,85H2,1-4H3,(H12-,88,89,90,91,92,93,95,96,97,98,101,104,105,106,107,108,109,110,111,112,113)/p+1. The number of rotatable bonds is 21. The minimum atomic E-state index is -2.46. The van der Waals surface area contributed by atoms with Crippen LogP contribution in [0.1, 0.15) is 158 Å². The Morgan fingerprint density at radius 3 is 1.68 bits per heavy atom. The largest absolute Gasteiger partial charge is 0.508 e. The number of benzene rings is 7. The smallest absolute Gasteiger partial charge is 0.335 e. The van der Waals surface area contributed by atoms with Gasteiger partial charge in [0, 0.05) is 42.3 Å². The number of hydrogen-bond acceptors (Lipinski definition) is 25. The number of aromatic hydroxyl groups is 5. The number of nitrogens with one attached hydrogen (secondary N) is 8. The van der Waals surface area contributed by atoms with Crippen molar-refractivity contribution in [2.75, 3.05) is 40.8 Å². The van der Waals surface area contributed by atoms with Crippen molar-refractivity contribution in [3.63, 3.8) is 0 Å². The first-order valence-electron chi connectivity index (χ1n) is 38.4. The highest BCUT2D eigenvalue weighted by Gasteiger charge is 2.49. The maximum atomic E-state index is 16.7. The third-order valence-electron chi connectivity index (χ3n) is 21.5. The summed E-state index contributed by atoms with van der Waals surface area (Å²) in [4.78, 5) is 121. The van der Waals surface area contributed by atoms with Crippen LogP contribution < -0.4 is 67.2 Å². The number of quaternary nitrogens is 1. The minimum Gasteiger partial charge on any atom is -0.508 e. The van der Waals surface area contributed by atoms with E-state index in [1.54, 1.807) is 0 Å². The Bertz CT molecular complexity index is 5020. The molecule has 21 N–H and O–H groups in total. The molecule has 14 unspecified atom stereocenters. The number of nitrogens with zero attached hydrogens (tertiary/aromatic N) is 1. The third kappa shape index (κ3) is 18.8. The Morgan fingerprint density at radius 2 is 1.08 bits per heavy atom. The van der Waals surface area contributed by atoms with Crippen molar-refractivity contribution in [2.45, 2.75) is 163 Å². The number of carboxylic acids is 2. The monoisotopic (exact) mass is 1670 g/mol. The van der Waals surface area contributed by atoms with Crippen molar-refractivity contribution >= 4 is 70.6 Å². The molecule has 14 atom stereocenters. The zero-order valence-corrected chi connectivity index (χ0v) is 65.9. The average Bonchev–Trinajstić information content (AvgIpc) is 1.14. The number of ether oxygens (including phenoxy) is 5. The van der Waals surface area contributed by atoms with Crippen LogP contribution in [-0.2, 0) is 49.6 Å². The molecule has 1 saturated heterocycles. The van der Waals surface area contributed by atoms with Gasteiger partial charge in [0.05, 0.1) is 48.8 Å². The highest BCUT2D eigenvalue weighted by molar-refractivity contribution is 6.32. The number of carbonyl (C=O) groups is 8. The lowest BCUT2D eigenvalue weighted by atomic mass is 9.86. The van der Waals surface area contributed by atoms with E-state index in [2.05, 4.69) is 63.6 Å². The molecule has 0 spiro atoms. The molecule has 7 aromatic rings. The van der Waals surface area contributed by atoms with Crippen LogP contribution in [0.3, 0.4) is 0 Å². The topological polar surface area (TPSA) is 528 Å². The summed E-state index contributed by atoms with van der Waals surface area (Å²) >= 11 is 14.2. The summed E-state index contributed by atoms with van der Waals surface area (Å²) in [6.07, 6.45) is -1.97. The lowest BCUT2D eigenvalue weighted by molar-refractivity contribution is -0.890. The second-order valence-electron chi connectivity index (χ2n) is 30.3. The number of likely N-dealkylation sites (N-methyl/N-ethyl adjacent to an activating group) is 1. The predicted octanol–water partition coefficient (Wildman–Crippen LogP) is 6.36. The van der Waals surface area contributed by atoms with Gasteiger partial charge < -0.3 is 133 Å². The zero-order chi connectivity index (χ0) is 84.9. The number of halogens is 2. The van der Waals surface area contributed by atoms with Gasteiger partial charge in [-0.15, -0.1) is 0 Å². The van der Waals surface area contributed by atoms with Gasteiger partial charge in [0.2, 0.25) is 47.5 Å². The van der Waals surface area contributed by atoms with E-state index in [9.17, 15) is 70.6 Å². The Kier molecular flexibility index (Phi) is 26.8. The number of aliphatic hydroxyl groups is 4. The van der Waals surface area contributed by atoms with Gasteiger partial charge in [0.25, 0.3) is 0 Å². The maximum Gasteiger partial charge on any atom is 0.335 e. The fraction of sp³-hybridized carbons (Fsp3) is 0.390. The summed E-state index contributed by atoms with van der Waals surface area (Å²) in [6, 6.07) is 2.76. The minimum absolute atomic E-state index is 0.129. The highest BCUT2D eigenvalue weighted by atomic mass is 35.5. The fourth-order valence-corrected chi connectivity index (χ4v) is 15.6. The molecule has 7 aliphatic heterocycles. The van der Waals surface area contributed by atoms with Gasteiger partial charge in [0.1, 0.15) is 101 Å². The number of phenols is 5. The number of carboxylic acid groups (broad SMARTS) is 2. The number of hydrogen-bond donors (Lipinski definition) is 20. The quantitative estimate of drug-likeness (QED) is 0.0275. The van der Waals surface area contributed by atoms with Crippen LogP contribution in [0.25, 0.3) is 11.1 Å². The number of aliphatic hydroxyl groups excluding tert-OH is 4. The van der Waals surface area contributed by atoms with E-state index < -0.39 is 233 Å². The molecule has 36 heteroatoms. The first kappa shape index (κ1) is 86.1. The number of phenolic OH excluding ortho intramolecular Hbond substituents is 5. The summed E-state index contributed by atoms with van der Waals surface area (Å²) in [5.74, 6) is -19.0. The van der Waals surface area contributed by atoms with Gasteiger partial charge in [0.15, 0.2) is 35.1 Å². The number of aliphatic carboxylic acids is 2. The molecule has 118 heavy (non-hydrogen) atoms. The summed E-state index contributed by atoms with van der Waals surface area (Å²) in [5.41, 5.74) is 2.48. The third-order valence-corrected chi connectivity index (χ3v) is 22.1. The summed E-state index contributed by atoms with van der Waals surface area (Å²) in [6.45, 7) is 3.80. The zero-order valence-electron chi connectivity index (χ0n) is 64.4. The predicted molar refractivity (Wildman–Crippen MR) is 422 cm³/mol. The Hall–Kier alpha value is -11.3. The van der Waals surface area contributed by atoms with Crippen LogP contribution in [-0.4, -0.2) is 192 Å². The molecule has 7 heterocycles. The molecule has 7 aliphatic rings. The molecule has 1 fully saturated rings. The normalized spacial score (nSPS) is 23.9. The number of nitrogens with two attached hydrogens (primary N) is 1. The van der Waals surface area contributed by atoms with Crippen LogP contribution in [0.4, 0.5) is 0 Å². The van der Waals surface area contributed by atoms with Crippen molar-refractivity contribution in [1.82, 2.24) is 42.5 Å². The molecule has 6 amide bonds. The number of carbonyl (C=O) groups excluding carboxylic acids is 6. The maximum absolute atomic E-state index is 16.7. The molecule has 14 rings (SSSR count). The van der Waals surface area contributed by atoms with Crippen molar-refractivity contribution < 1.29 is 123 Å². The second-order valence-corrected chi connectivity index (χ2v) is 31.1. The molecule has 7 aromatic carbocycles. The van der Waals surface area contributed by atoms with Gasteiger partial charge >= 0.3 is 11.9 Å². The summed E-state index contributed by atoms with van der Waals surface area (Å²) in [7, 11) is 5.61. The molecule has 0 aromatic heterocycles. The first-order valence-corrected chi connectivity index (χ1v) is 39.2. The van der Waals surface area contributed by atoms with Gasteiger partial charge in [-0.3, -0.25) is 28.8 Å². The van der Waals surface area contributed by atoms with Gasteiger partial charge in [-0.25, -0.2) is 9.59 Å². The fourth-order valence-electron chi connectivity index (χ4n) is 15.1. The van der Waals surface area contributed by atoms with Crippen LogP contribution in [0, 0.1) is 0 Å². The summed E-state index contributed by atoms with van der Waals surface area (Å²) < 4.78 is 32.1. The van der Waals surface area contributed by atoms with Gasteiger partial charge in [-0.1, -0.05) is 105 Å². The van der Waals surface area contributed by atoms with E-state index in [1.807, 2.05) is 0 Å². The van der Waals surface area contributed by atoms with Crippen molar-refractivity contribution in [1.29, 1.82) is 0 Å². The number of unbranched alkanes of at least 4 members (excludes halogenated alkanes) is 8. The number of amides is 6. The highest BCUT2D eigenvalue weighted by Crippen LogP contribution is 2.52. The molecule has 0 aliphatic carbocycles. The van der Waals surface area contributed by atoms with Crippen molar-refractivity contribution in [3.8, 4) is 80.1 Å². The average molecular weight is 1670 g/mol. The van der Waals surface area contributed by atoms with E-state index in [-0.39, 0.29) is 40.3 Å². The van der Waals surface area contributed by atoms with E-state index in [0.717, 1.165) is 105 Å². The Balaban J connectivity index is 1.05. The Morgan fingerprint density at radius 1 is 0.525 bits per heavy atom. The number of fused-ring (bicyclic) bond motifs is 13. The molecular formula is C82H93Cl2N10O24+. The van der Waals surface area contributed by atoms with Crippen LogP contribution in [0.2, 0.25) is 10.0 Å². The lowest BCUT2D eigenvalue weighted by Gasteiger charge is -2.39. The lowest BCUT2D eigenvalue weighted by Crippen LogP contribution is -2.64. The van der Waals surface area contributed by atoms with E-state index in [4.69, 9.17) is 52.6 Å². The van der Waals surface area contributed by atoms with Crippen LogP contribution in [0.5, 0.6) is 69.0 Å². The van der Waals surface area contributed by atoms with Crippen LogP contribution >= 0.6 is 23.2 Å². The summed E-state index contributed by atoms with van der Waals surface area (Å²) in [5, 5.41) is 149. The van der Waals surface area contributed by atoms with Crippen molar-refractivity contribution in [2.24, 2.45) is 5.73 Å². The first-order chi connectivity index (χ1) is 56.2. The van der Waals surface area contributed by atoms with E-state index in [0.29, 0.717) is 24.0 Å². The second kappa shape index (κ2) is 36.7. The molecular weight excluding hydrogens is 1580 g/mol. The molecule has 628 valence electrons. The van der Waals surface area contributed by atoms with Crippen LogP contribution in [0.15, 0.2) is 109 Å². The molecule has 15 bridgehead atoms. The van der Waals surface area contributed by atoms with E-state index in [1.165, 1.54) is 75.9 Å². The SMILES string of the molecule is CCCCCCCCCCC[N+](C)(C)CCCNCc1c(O)cc2c(c1O)-c1c(O)cccc1C1NC(=O)C3NC(=O)C4NC(=O)C(NC(=O)C(NC)c5ccc(O)c(c5)Oc5cc(O)cc4c5)C(O)c4ccc(c(Cl)c4)Oc4cc3cc(c4OC3OC(C(=O)O)C(O)C(O)C3N)Oc3ccc(cc3Cl)C(O)C(NC1=O)C(=O)NC2C(=O)O. The van der Waals surface area contributed by atoms with Gasteiger partial charge in [-0.2, -0.15) is 0 Å². The van der Waals surface area contributed by atoms with E-state index >= 15 is 24.0 Å². The van der Waals surface area contributed by atoms with Crippen molar-refractivity contribution in [3.05, 3.63) is 164 Å². The molecule has 0 saturated carbocycles. The molecule has 34 nitrogen and oxygen atoms in total. The van der Waals surface area contributed by atoms with Gasteiger partial charge in [-0.05, 0) is 126 Å².